The largest absolute Gasteiger partial charge is 0.393 e. The van der Waals surface area contributed by atoms with Crippen molar-refractivity contribution in [2.75, 3.05) is 6.54 Å². The van der Waals surface area contributed by atoms with E-state index in [2.05, 4.69) is 12.2 Å². The smallest absolute Gasteiger partial charge is 0.0696 e. The van der Waals surface area contributed by atoms with Gasteiger partial charge in [0.25, 0.3) is 0 Å². The summed E-state index contributed by atoms with van der Waals surface area (Å²) < 4.78 is 0. The molecule has 1 heterocycles. The molecule has 3 N–H and O–H groups in total. The number of hydrogen-bond acceptors (Lipinski definition) is 3. The number of hydrogen-bond donors (Lipinski definition) is 3. The first kappa shape index (κ1) is 12.3. The molecule has 2 rings (SSSR count). The molecule has 1 saturated heterocycles. The van der Waals surface area contributed by atoms with E-state index in [1.165, 1.54) is 0 Å². The van der Waals surface area contributed by atoms with Gasteiger partial charge in [-0.3, -0.25) is 0 Å². The van der Waals surface area contributed by atoms with Gasteiger partial charge in [-0.25, -0.2) is 0 Å². The maximum absolute atomic E-state index is 10.0. The Kier molecular flexibility index (Phi) is 4.22. The first-order valence-corrected chi connectivity index (χ1v) is 6.82. The van der Waals surface area contributed by atoms with E-state index in [-0.39, 0.29) is 18.2 Å². The van der Waals surface area contributed by atoms with Gasteiger partial charge >= 0.3 is 0 Å². The van der Waals surface area contributed by atoms with Crippen molar-refractivity contribution in [3.8, 4) is 0 Å². The average Bonchev–Trinajstić information content (AvgIpc) is 2.29. The molecule has 1 aliphatic carbocycles. The predicted molar refractivity (Wildman–Crippen MR) is 64.2 cm³/mol. The van der Waals surface area contributed by atoms with Crippen molar-refractivity contribution < 1.29 is 10.2 Å². The summed E-state index contributed by atoms with van der Waals surface area (Å²) in [6, 6.07) is 0.223. The highest BCUT2D eigenvalue weighted by Gasteiger charge is 2.36. The van der Waals surface area contributed by atoms with Crippen molar-refractivity contribution >= 4 is 0 Å². The summed E-state index contributed by atoms with van der Waals surface area (Å²) in [4.78, 5) is 0. The van der Waals surface area contributed by atoms with Gasteiger partial charge in [-0.05, 0) is 50.5 Å². The summed E-state index contributed by atoms with van der Waals surface area (Å²) in [5, 5.41) is 23.5. The van der Waals surface area contributed by atoms with Gasteiger partial charge in [0, 0.05) is 6.04 Å². The molecule has 0 spiro atoms. The number of aliphatic hydroxyl groups is 2. The van der Waals surface area contributed by atoms with Crippen molar-refractivity contribution in [2.45, 2.75) is 63.7 Å². The fraction of sp³-hybridized carbons (Fsp3) is 1.00. The maximum atomic E-state index is 10.0. The van der Waals surface area contributed by atoms with E-state index in [1.807, 2.05) is 0 Å². The standard InChI is InChI=1S/C13H25NO2/c1-2-9-5-6-10(8-12(9)16)13-11(15)4-3-7-14-13/h9-16H,2-8H2,1H3. The second kappa shape index (κ2) is 5.48. The molecule has 0 aromatic rings. The van der Waals surface area contributed by atoms with Crippen LogP contribution in [-0.4, -0.2) is 35.0 Å². The third kappa shape index (κ3) is 2.58. The third-order valence-electron chi connectivity index (χ3n) is 4.50. The van der Waals surface area contributed by atoms with Gasteiger partial charge in [-0.15, -0.1) is 0 Å². The molecule has 2 fully saturated rings. The van der Waals surface area contributed by atoms with Crippen LogP contribution >= 0.6 is 0 Å². The van der Waals surface area contributed by atoms with E-state index >= 15 is 0 Å². The van der Waals surface area contributed by atoms with E-state index in [4.69, 9.17) is 0 Å². The van der Waals surface area contributed by atoms with Crippen molar-refractivity contribution in [3.63, 3.8) is 0 Å². The highest BCUT2D eigenvalue weighted by atomic mass is 16.3. The zero-order valence-corrected chi connectivity index (χ0v) is 10.2. The fourth-order valence-corrected chi connectivity index (χ4v) is 3.42. The van der Waals surface area contributed by atoms with Crippen molar-refractivity contribution in [2.24, 2.45) is 11.8 Å². The summed E-state index contributed by atoms with van der Waals surface area (Å²) in [6.07, 6.45) is 5.86. The zero-order valence-electron chi connectivity index (χ0n) is 10.2. The number of rotatable bonds is 2. The Hall–Kier alpha value is -0.120. The summed E-state index contributed by atoms with van der Waals surface area (Å²) in [5.41, 5.74) is 0. The highest BCUT2D eigenvalue weighted by molar-refractivity contribution is 4.91. The molecule has 1 saturated carbocycles. The Bertz CT molecular complexity index is 222. The summed E-state index contributed by atoms with van der Waals surface area (Å²) >= 11 is 0. The molecule has 5 unspecified atom stereocenters. The van der Waals surface area contributed by atoms with Crippen molar-refractivity contribution in [3.05, 3.63) is 0 Å². The normalized spacial score (nSPS) is 45.6. The minimum Gasteiger partial charge on any atom is -0.393 e. The molecular weight excluding hydrogens is 202 g/mol. The van der Waals surface area contributed by atoms with E-state index in [9.17, 15) is 10.2 Å². The molecule has 0 bridgehead atoms. The number of aliphatic hydroxyl groups excluding tert-OH is 2. The third-order valence-corrected chi connectivity index (χ3v) is 4.50. The maximum Gasteiger partial charge on any atom is 0.0696 e. The Labute approximate surface area is 98.2 Å². The number of nitrogens with one attached hydrogen (secondary N) is 1. The van der Waals surface area contributed by atoms with E-state index in [1.54, 1.807) is 0 Å². The van der Waals surface area contributed by atoms with Gasteiger partial charge in [-0.1, -0.05) is 13.3 Å². The second-order valence-electron chi connectivity index (χ2n) is 5.50. The minimum absolute atomic E-state index is 0.153. The van der Waals surface area contributed by atoms with E-state index in [0.717, 1.165) is 45.1 Å². The lowest BCUT2D eigenvalue weighted by Crippen LogP contribution is -2.51. The zero-order chi connectivity index (χ0) is 11.5. The summed E-state index contributed by atoms with van der Waals surface area (Å²) in [5.74, 6) is 0.949. The Morgan fingerprint density at radius 1 is 1.12 bits per heavy atom. The van der Waals surface area contributed by atoms with E-state index in [0.29, 0.717) is 11.8 Å². The molecule has 0 amide bonds. The van der Waals surface area contributed by atoms with Gasteiger partial charge in [0.05, 0.1) is 12.2 Å². The molecule has 1 aliphatic heterocycles. The van der Waals surface area contributed by atoms with Crippen LogP contribution in [0.4, 0.5) is 0 Å². The molecule has 94 valence electrons. The molecule has 0 radical (unpaired) electrons. The van der Waals surface area contributed by atoms with Crippen molar-refractivity contribution in [1.29, 1.82) is 0 Å². The van der Waals surface area contributed by atoms with Gasteiger partial charge in [0.15, 0.2) is 0 Å². The van der Waals surface area contributed by atoms with Gasteiger partial charge in [-0.2, -0.15) is 0 Å². The van der Waals surface area contributed by atoms with Gasteiger partial charge in [0.1, 0.15) is 0 Å². The lowest BCUT2D eigenvalue weighted by molar-refractivity contribution is -0.000603. The molecule has 16 heavy (non-hydrogen) atoms. The lowest BCUT2D eigenvalue weighted by Gasteiger charge is -2.41. The van der Waals surface area contributed by atoms with Crippen LogP contribution in [0.1, 0.15) is 45.4 Å². The Morgan fingerprint density at radius 3 is 2.56 bits per heavy atom. The molecule has 2 aliphatic rings. The highest BCUT2D eigenvalue weighted by Crippen LogP contribution is 2.34. The molecule has 3 heteroatoms. The molecule has 0 aromatic heterocycles. The van der Waals surface area contributed by atoms with Crippen LogP contribution in [0, 0.1) is 11.8 Å². The van der Waals surface area contributed by atoms with E-state index < -0.39 is 0 Å². The number of piperidine rings is 1. The topological polar surface area (TPSA) is 52.5 Å². The molecule has 0 aromatic carbocycles. The van der Waals surface area contributed by atoms with Crippen LogP contribution in [0.2, 0.25) is 0 Å². The van der Waals surface area contributed by atoms with Crippen molar-refractivity contribution in [1.82, 2.24) is 5.32 Å². The summed E-state index contributed by atoms with van der Waals surface area (Å²) in [6.45, 7) is 3.17. The quantitative estimate of drug-likeness (QED) is 0.666. The van der Waals surface area contributed by atoms with Crippen LogP contribution < -0.4 is 5.32 Å². The lowest BCUT2D eigenvalue weighted by atomic mass is 9.73. The fourth-order valence-electron chi connectivity index (χ4n) is 3.42. The van der Waals surface area contributed by atoms with Crippen LogP contribution in [0.3, 0.4) is 0 Å². The average molecular weight is 227 g/mol. The minimum atomic E-state index is -0.205. The Morgan fingerprint density at radius 2 is 1.94 bits per heavy atom. The molecule has 5 atom stereocenters. The molecule has 3 nitrogen and oxygen atoms in total. The molecular formula is C13H25NO2. The van der Waals surface area contributed by atoms with Gasteiger partial charge in [0.2, 0.25) is 0 Å². The Balaban J connectivity index is 1.90. The van der Waals surface area contributed by atoms with Crippen LogP contribution in [0.25, 0.3) is 0 Å². The first-order chi connectivity index (χ1) is 7.72. The summed E-state index contributed by atoms with van der Waals surface area (Å²) in [7, 11) is 0. The predicted octanol–water partition coefficient (Wildman–Crippen LogP) is 1.29. The van der Waals surface area contributed by atoms with Gasteiger partial charge < -0.3 is 15.5 Å². The SMILES string of the molecule is CCC1CCC(C2NCCCC2O)CC1O. The second-order valence-corrected chi connectivity index (χ2v) is 5.50. The first-order valence-electron chi connectivity index (χ1n) is 6.82. The van der Waals surface area contributed by atoms with Crippen LogP contribution in [0.5, 0.6) is 0 Å². The van der Waals surface area contributed by atoms with Crippen LogP contribution in [-0.2, 0) is 0 Å². The monoisotopic (exact) mass is 227 g/mol. The van der Waals surface area contributed by atoms with Crippen LogP contribution in [0.15, 0.2) is 0 Å².